The molecule has 3 heteroatoms. The van der Waals surface area contributed by atoms with E-state index in [0.29, 0.717) is 6.54 Å². The van der Waals surface area contributed by atoms with Crippen molar-refractivity contribution < 1.29 is 4.79 Å². The SMILES string of the molecule is CCNc1cccc2c1C(=O)NC2. The Morgan fingerprint density at radius 2 is 2.38 bits per heavy atom. The van der Waals surface area contributed by atoms with Crippen LogP contribution in [0.3, 0.4) is 0 Å². The van der Waals surface area contributed by atoms with Crippen molar-refractivity contribution in [2.24, 2.45) is 0 Å². The molecule has 1 amide bonds. The molecule has 0 aromatic heterocycles. The lowest BCUT2D eigenvalue weighted by molar-refractivity contribution is 0.0966. The summed E-state index contributed by atoms with van der Waals surface area (Å²) < 4.78 is 0. The molecule has 1 aliphatic heterocycles. The second-order valence-electron chi connectivity index (χ2n) is 3.05. The van der Waals surface area contributed by atoms with Crippen molar-refractivity contribution in [3.8, 4) is 0 Å². The zero-order chi connectivity index (χ0) is 9.26. The van der Waals surface area contributed by atoms with Gasteiger partial charge in [0.15, 0.2) is 0 Å². The topological polar surface area (TPSA) is 41.1 Å². The predicted molar refractivity (Wildman–Crippen MR) is 51.8 cm³/mol. The third-order valence-corrected chi connectivity index (χ3v) is 2.18. The molecule has 0 aliphatic carbocycles. The maximum atomic E-state index is 11.4. The Labute approximate surface area is 77.1 Å². The fourth-order valence-electron chi connectivity index (χ4n) is 1.62. The number of rotatable bonds is 2. The summed E-state index contributed by atoms with van der Waals surface area (Å²) in [5.41, 5.74) is 2.84. The molecule has 1 aliphatic rings. The Morgan fingerprint density at radius 1 is 1.54 bits per heavy atom. The highest BCUT2D eigenvalue weighted by Crippen LogP contribution is 2.23. The van der Waals surface area contributed by atoms with Gasteiger partial charge in [0.05, 0.1) is 5.56 Å². The molecule has 0 fully saturated rings. The van der Waals surface area contributed by atoms with Crippen LogP contribution in [-0.4, -0.2) is 12.5 Å². The standard InChI is InChI=1S/C10H12N2O/c1-2-11-8-5-3-4-7-6-12-10(13)9(7)8/h3-5,11H,2,6H2,1H3,(H,12,13). The fourth-order valence-corrected chi connectivity index (χ4v) is 1.62. The number of hydrogen-bond acceptors (Lipinski definition) is 2. The van der Waals surface area contributed by atoms with Crippen molar-refractivity contribution in [2.75, 3.05) is 11.9 Å². The molecule has 1 aromatic rings. The molecule has 1 heterocycles. The van der Waals surface area contributed by atoms with Crippen LogP contribution in [0.15, 0.2) is 18.2 Å². The number of amides is 1. The summed E-state index contributed by atoms with van der Waals surface area (Å²) in [4.78, 5) is 11.4. The van der Waals surface area contributed by atoms with Gasteiger partial charge in [0.25, 0.3) is 5.91 Å². The molecule has 0 saturated carbocycles. The lowest BCUT2D eigenvalue weighted by atomic mass is 10.1. The first-order valence-electron chi connectivity index (χ1n) is 4.47. The molecule has 2 N–H and O–H groups in total. The number of nitrogens with one attached hydrogen (secondary N) is 2. The quantitative estimate of drug-likeness (QED) is 0.714. The molecule has 13 heavy (non-hydrogen) atoms. The molecule has 0 radical (unpaired) electrons. The molecule has 3 nitrogen and oxygen atoms in total. The molecular formula is C10H12N2O. The number of benzene rings is 1. The minimum Gasteiger partial charge on any atom is -0.385 e. The summed E-state index contributed by atoms with van der Waals surface area (Å²) in [6.07, 6.45) is 0. The van der Waals surface area contributed by atoms with Gasteiger partial charge in [0, 0.05) is 18.8 Å². The summed E-state index contributed by atoms with van der Waals surface area (Å²) in [7, 11) is 0. The molecule has 68 valence electrons. The second kappa shape index (κ2) is 3.09. The largest absolute Gasteiger partial charge is 0.385 e. The van der Waals surface area contributed by atoms with Crippen molar-refractivity contribution in [1.82, 2.24) is 5.32 Å². The molecule has 0 saturated heterocycles. The Kier molecular flexibility index (Phi) is 1.93. The van der Waals surface area contributed by atoms with Crippen molar-refractivity contribution in [3.05, 3.63) is 29.3 Å². The summed E-state index contributed by atoms with van der Waals surface area (Å²) in [5, 5.41) is 5.98. The van der Waals surface area contributed by atoms with Gasteiger partial charge >= 0.3 is 0 Å². The minimum atomic E-state index is 0.0338. The molecule has 0 atom stereocenters. The Morgan fingerprint density at radius 3 is 3.15 bits per heavy atom. The molecule has 2 rings (SSSR count). The molecular weight excluding hydrogens is 164 g/mol. The van der Waals surface area contributed by atoms with E-state index in [1.54, 1.807) is 0 Å². The van der Waals surface area contributed by atoms with Crippen LogP contribution in [0.2, 0.25) is 0 Å². The van der Waals surface area contributed by atoms with Crippen LogP contribution in [0.4, 0.5) is 5.69 Å². The van der Waals surface area contributed by atoms with Gasteiger partial charge in [0.1, 0.15) is 0 Å². The van der Waals surface area contributed by atoms with E-state index in [9.17, 15) is 4.79 Å². The first kappa shape index (κ1) is 8.10. The number of fused-ring (bicyclic) bond motifs is 1. The van der Waals surface area contributed by atoms with Gasteiger partial charge in [-0.1, -0.05) is 12.1 Å². The molecule has 0 spiro atoms. The van der Waals surface area contributed by atoms with E-state index in [-0.39, 0.29) is 5.91 Å². The zero-order valence-corrected chi connectivity index (χ0v) is 7.55. The maximum absolute atomic E-state index is 11.4. The van der Waals surface area contributed by atoms with E-state index >= 15 is 0 Å². The Bertz CT molecular complexity index is 347. The highest BCUT2D eigenvalue weighted by molar-refractivity contribution is 6.03. The number of carbonyl (C=O) groups is 1. The van der Waals surface area contributed by atoms with E-state index in [1.807, 2.05) is 25.1 Å². The number of anilines is 1. The molecule has 1 aromatic carbocycles. The summed E-state index contributed by atoms with van der Waals surface area (Å²) in [5.74, 6) is 0.0338. The average Bonchev–Trinajstić information content (AvgIpc) is 2.50. The van der Waals surface area contributed by atoms with Gasteiger partial charge in [-0.05, 0) is 18.6 Å². The van der Waals surface area contributed by atoms with Crippen LogP contribution in [0.5, 0.6) is 0 Å². The lowest BCUT2D eigenvalue weighted by Gasteiger charge is -2.06. The third-order valence-electron chi connectivity index (χ3n) is 2.18. The van der Waals surface area contributed by atoms with Gasteiger partial charge in [-0.25, -0.2) is 0 Å². The van der Waals surface area contributed by atoms with Crippen molar-refractivity contribution in [3.63, 3.8) is 0 Å². The number of carbonyl (C=O) groups excluding carboxylic acids is 1. The van der Waals surface area contributed by atoms with E-state index < -0.39 is 0 Å². The Hall–Kier alpha value is -1.51. The van der Waals surface area contributed by atoms with Crippen molar-refractivity contribution >= 4 is 11.6 Å². The maximum Gasteiger partial charge on any atom is 0.253 e. The number of hydrogen-bond donors (Lipinski definition) is 2. The van der Waals surface area contributed by atoms with Crippen LogP contribution >= 0.6 is 0 Å². The van der Waals surface area contributed by atoms with Crippen molar-refractivity contribution in [1.29, 1.82) is 0 Å². The highest BCUT2D eigenvalue weighted by atomic mass is 16.1. The summed E-state index contributed by atoms with van der Waals surface area (Å²) in [6.45, 7) is 3.52. The minimum absolute atomic E-state index is 0.0338. The molecule has 0 bridgehead atoms. The van der Waals surface area contributed by atoms with Gasteiger partial charge in [0.2, 0.25) is 0 Å². The van der Waals surface area contributed by atoms with E-state index in [4.69, 9.17) is 0 Å². The smallest absolute Gasteiger partial charge is 0.253 e. The Balaban J connectivity index is 2.47. The van der Waals surface area contributed by atoms with Gasteiger partial charge in [-0.3, -0.25) is 4.79 Å². The predicted octanol–water partition coefficient (Wildman–Crippen LogP) is 1.36. The normalized spacial score (nSPS) is 13.8. The highest BCUT2D eigenvalue weighted by Gasteiger charge is 2.21. The van der Waals surface area contributed by atoms with Crippen LogP contribution < -0.4 is 10.6 Å². The van der Waals surface area contributed by atoms with E-state index in [2.05, 4.69) is 10.6 Å². The van der Waals surface area contributed by atoms with Crippen LogP contribution in [-0.2, 0) is 6.54 Å². The second-order valence-corrected chi connectivity index (χ2v) is 3.05. The summed E-state index contributed by atoms with van der Waals surface area (Å²) in [6, 6.07) is 5.89. The molecule has 0 unspecified atom stereocenters. The average molecular weight is 176 g/mol. The van der Waals surface area contributed by atoms with E-state index in [1.165, 1.54) is 0 Å². The third kappa shape index (κ3) is 1.26. The fraction of sp³-hybridized carbons (Fsp3) is 0.300. The first-order chi connectivity index (χ1) is 6.33. The van der Waals surface area contributed by atoms with Crippen LogP contribution in [0.1, 0.15) is 22.8 Å². The summed E-state index contributed by atoms with van der Waals surface area (Å²) >= 11 is 0. The van der Waals surface area contributed by atoms with Crippen LogP contribution in [0.25, 0.3) is 0 Å². The van der Waals surface area contributed by atoms with Gasteiger partial charge in [-0.2, -0.15) is 0 Å². The van der Waals surface area contributed by atoms with Crippen molar-refractivity contribution in [2.45, 2.75) is 13.5 Å². The van der Waals surface area contributed by atoms with Crippen LogP contribution in [0, 0.1) is 0 Å². The monoisotopic (exact) mass is 176 g/mol. The zero-order valence-electron chi connectivity index (χ0n) is 7.55. The van der Waals surface area contributed by atoms with Gasteiger partial charge in [-0.15, -0.1) is 0 Å². The van der Waals surface area contributed by atoms with Gasteiger partial charge < -0.3 is 10.6 Å². The van der Waals surface area contributed by atoms with E-state index in [0.717, 1.165) is 23.4 Å². The first-order valence-corrected chi connectivity index (χ1v) is 4.47. The lowest BCUT2D eigenvalue weighted by Crippen LogP contribution is -2.14.